The van der Waals surface area contributed by atoms with Crippen LogP contribution in [0.15, 0.2) is 17.2 Å². The van der Waals surface area contributed by atoms with Crippen molar-refractivity contribution in [1.82, 2.24) is 14.6 Å². The molecule has 5 nitrogen and oxygen atoms in total. The third-order valence-corrected chi connectivity index (χ3v) is 3.01. The van der Waals surface area contributed by atoms with Crippen LogP contribution in [0.2, 0.25) is 5.15 Å². The van der Waals surface area contributed by atoms with Crippen molar-refractivity contribution in [3.8, 4) is 0 Å². The molecule has 2 rings (SSSR count). The van der Waals surface area contributed by atoms with Crippen LogP contribution in [0.4, 0.5) is 0 Å². The van der Waals surface area contributed by atoms with E-state index < -0.39 is 5.97 Å². The summed E-state index contributed by atoms with van der Waals surface area (Å²) in [5.74, 6) is -0.222. The Hall–Kier alpha value is -1.27. The Labute approximate surface area is 100 Å². The van der Waals surface area contributed by atoms with Crippen molar-refractivity contribution in [3.63, 3.8) is 0 Å². The Kier molecular flexibility index (Phi) is 3.02. The minimum Gasteiger partial charge on any atom is -0.476 e. The van der Waals surface area contributed by atoms with Gasteiger partial charge in [0.25, 0.3) is 0 Å². The van der Waals surface area contributed by atoms with Gasteiger partial charge in [-0.2, -0.15) is 5.10 Å². The lowest BCUT2D eigenvalue weighted by molar-refractivity contribution is 0.0688. The Balaban J connectivity index is 2.70. The molecule has 0 spiro atoms. The molecule has 0 radical (unpaired) electrons. The molecule has 0 saturated carbocycles. The second kappa shape index (κ2) is 4.31. The quantitative estimate of drug-likeness (QED) is 0.854. The number of halogens is 1. The maximum atomic E-state index is 10.9. The molecule has 0 bridgehead atoms. The summed E-state index contributed by atoms with van der Waals surface area (Å²) >= 11 is 7.37. The van der Waals surface area contributed by atoms with Crippen molar-refractivity contribution in [1.29, 1.82) is 0 Å². The number of fused-ring (bicyclic) bond motifs is 1. The van der Waals surface area contributed by atoms with Gasteiger partial charge in [0.2, 0.25) is 0 Å². The summed E-state index contributed by atoms with van der Waals surface area (Å²) in [4.78, 5) is 15.8. The summed E-state index contributed by atoms with van der Waals surface area (Å²) in [5, 5.41) is 13.1. The van der Waals surface area contributed by atoms with Gasteiger partial charge in [0.15, 0.2) is 16.5 Å². The van der Waals surface area contributed by atoms with E-state index in [1.165, 1.54) is 10.7 Å². The van der Waals surface area contributed by atoms with Crippen LogP contribution in [-0.4, -0.2) is 31.4 Å². The number of hydrogen-bond donors (Lipinski definition) is 1. The van der Waals surface area contributed by atoms with Gasteiger partial charge in [-0.1, -0.05) is 18.5 Å². The van der Waals surface area contributed by atoms with Gasteiger partial charge in [-0.3, -0.25) is 0 Å². The number of imidazole rings is 1. The molecule has 0 fully saturated rings. The molecule has 0 saturated heterocycles. The highest BCUT2D eigenvalue weighted by molar-refractivity contribution is 7.99. The highest BCUT2D eigenvalue weighted by Crippen LogP contribution is 2.25. The highest BCUT2D eigenvalue weighted by Gasteiger charge is 2.15. The van der Waals surface area contributed by atoms with Gasteiger partial charge in [0, 0.05) is 0 Å². The average molecular weight is 258 g/mol. The number of hydrogen-bond acceptors (Lipinski definition) is 4. The van der Waals surface area contributed by atoms with E-state index in [2.05, 4.69) is 10.1 Å². The molecule has 0 aliphatic rings. The second-order valence-electron chi connectivity index (χ2n) is 2.95. The number of aromatic carboxylic acids is 1. The van der Waals surface area contributed by atoms with E-state index >= 15 is 0 Å². The molecule has 1 N–H and O–H groups in total. The molecule has 16 heavy (non-hydrogen) atoms. The Bertz CT molecular complexity index is 555. The number of thioether (sulfide) groups is 1. The molecule has 2 heterocycles. The Morgan fingerprint density at radius 2 is 2.44 bits per heavy atom. The van der Waals surface area contributed by atoms with Crippen LogP contribution < -0.4 is 0 Å². The third-order valence-electron chi connectivity index (χ3n) is 1.92. The van der Waals surface area contributed by atoms with Gasteiger partial charge in [0.1, 0.15) is 0 Å². The Morgan fingerprint density at radius 3 is 3.06 bits per heavy atom. The zero-order valence-corrected chi connectivity index (χ0v) is 9.92. The van der Waals surface area contributed by atoms with E-state index in [0.29, 0.717) is 5.65 Å². The maximum Gasteiger partial charge on any atom is 0.356 e. The fraction of sp³-hybridized carbons (Fsp3) is 0.222. The van der Waals surface area contributed by atoms with Crippen LogP contribution in [0, 0.1) is 0 Å². The molecular weight excluding hydrogens is 250 g/mol. The van der Waals surface area contributed by atoms with Gasteiger partial charge in [0.05, 0.1) is 11.1 Å². The zero-order valence-electron chi connectivity index (χ0n) is 8.35. The van der Waals surface area contributed by atoms with Gasteiger partial charge < -0.3 is 5.11 Å². The first-order valence-electron chi connectivity index (χ1n) is 4.54. The van der Waals surface area contributed by atoms with Crippen LogP contribution in [0.25, 0.3) is 5.65 Å². The number of nitrogens with zero attached hydrogens (tertiary/aromatic N) is 3. The minimum atomic E-state index is -1.07. The number of carboxylic acid groups (broad SMARTS) is 1. The normalized spacial score (nSPS) is 10.9. The van der Waals surface area contributed by atoms with Crippen molar-refractivity contribution in [2.24, 2.45) is 0 Å². The molecule has 84 valence electrons. The number of carboxylic acids is 1. The number of carbonyl (C=O) groups is 1. The molecule has 7 heteroatoms. The van der Waals surface area contributed by atoms with Gasteiger partial charge >= 0.3 is 5.97 Å². The number of aromatic nitrogens is 3. The van der Waals surface area contributed by atoms with Gasteiger partial charge in [-0.05, 0) is 11.8 Å². The highest BCUT2D eigenvalue weighted by atomic mass is 35.5. The van der Waals surface area contributed by atoms with Crippen LogP contribution in [0.5, 0.6) is 0 Å². The summed E-state index contributed by atoms with van der Waals surface area (Å²) in [6, 6.07) is 1.68. The SMILES string of the molecule is CCSc1cc(Cl)nn2c(C(=O)O)cnc12. The van der Waals surface area contributed by atoms with Crippen LogP contribution in [0.1, 0.15) is 17.4 Å². The molecule has 0 amide bonds. The maximum absolute atomic E-state index is 10.9. The van der Waals surface area contributed by atoms with Crippen LogP contribution in [0.3, 0.4) is 0 Å². The average Bonchev–Trinajstić information content (AvgIpc) is 2.61. The molecular formula is C9H8ClN3O2S. The van der Waals surface area contributed by atoms with E-state index in [1.54, 1.807) is 17.8 Å². The molecule has 0 aromatic carbocycles. The topological polar surface area (TPSA) is 67.5 Å². The summed E-state index contributed by atoms with van der Waals surface area (Å²) in [6.07, 6.45) is 1.28. The van der Waals surface area contributed by atoms with Crippen LogP contribution in [-0.2, 0) is 0 Å². The van der Waals surface area contributed by atoms with E-state index in [4.69, 9.17) is 16.7 Å². The minimum absolute atomic E-state index is 0.00968. The fourth-order valence-corrected chi connectivity index (χ4v) is 2.34. The zero-order chi connectivity index (χ0) is 11.7. The van der Waals surface area contributed by atoms with Crippen molar-refractivity contribution in [2.75, 3.05) is 5.75 Å². The first kappa shape index (κ1) is 11.2. The third kappa shape index (κ3) is 1.85. The molecule has 0 aliphatic carbocycles. The van der Waals surface area contributed by atoms with E-state index in [0.717, 1.165) is 10.6 Å². The van der Waals surface area contributed by atoms with Gasteiger partial charge in [-0.25, -0.2) is 14.3 Å². The van der Waals surface area contributed by atoms with E-state index in [1.807, 2.05) is 6.92 Å². The molecule has 0 atom stereocenters. The van der Waals surface area contributed by atoms with Crippen molar-refractivity contribution in [2.45, 2.75) is 11.8 Å². The summed E-state index contributed by atoms with van der Waals surface area (Å²) in [6.45, 7) is 2.00. The Morgan fingerprint density at radius 1 is 1.69 bits per heavy atom. The molecule has 0 aliphatic heterocycles. The molecule has 2 aromatic heterocycles. The van der Waals surface area contributed by atoms with Crippen molar-refractivity contribution in [3.05, 3.63) is 23.1 Å². The lowest BCUT2D eigenvalue weighted by Gasteiger charge is -2.02. The predicted octanol–water partition coefficient (Wildman–Crippen LogP) is 2.19. The first-order chi connectivity index (χ1) is 7.63. The summed E-state index contributed by atoms with van der Waals surface area (Å²) in [7, 11) is 0. The van der Waals surface area contributed by atoms with E-state index in [-0.39, 0.29) is 10.8 Å². The summed E-state index contributed by atoms with van der Waals surface area (Å²) in [5.41, 5.74) is 0.532. The summed E-state index contributed by atoms with van der Waals surface area (Å²) < 4.78 is 1.25. The lowest BCUT2D eigenvalue weighted by atomic mass is 10.5. The monoisotopic (exact) mass is 257 g/mol. The standard InChI is InChI=1S/C9H8ClN3O2S/c1-2-16-6-3-7(10)12-13-5(9(14)15)4-11-8(6)13/h3-4H,2H2,1H3,(H,14,15). The predicted molar refractivity (Wildman–Crippen MR) is 61.4 cm³/mol. The molecule has 0 unspecified atom stereocenters. The molecule has 2 aromatic rings. The van der Waals surface area contributed by atoms with Crippen molar-refractivity contribution >= 4 is 35.0 Å². The fourth-order valence-electron chi connectivity index (χ4n) is 1.32. The van der Waals surface area contributed by atoms with Crippen molar-refractivity contribution < 1.29 is 9.90 Å². The van der Waals surface area contributed by atoms with Gasteiger partial charge in [-0.15, -0.1) is 11.8 Å². The largest absolute Gasteiger partial charge is 0.476 e. The van der Waals surface area contributed by atoms with E-state index in [9.17, 15) is 4.79 Å². The number of rotatable bonds is 3. The first-order valence-corrected chi connectivity index (χ1v) is 5.90. The van der Waals surface area contributed by atoms with Crippen LogP contribution >= 0.6 is 23.4 Å². The second-order valence-corrected chi connectivity index (χ2v) is 4.64. The smallest absolute Gasteiger partial charge is 0.356 e. The lowest BCUT2D eigenvalue weighted by Crippen LogP contribution is -2.05.